The van der Waals surface area contributed by atoms with E-state index in [-0.39, 0.29) is 31.1 Å². The lowest BCUT2D eigenvalue weighted by atomic mass is 10.0. The molecule has 0 saturated heterocycles. The van der Waals surface area contributed by atoms with E-state index in [1.165, 1.54) is 128 Å². The SMILES string of the molecule is CC/C=C\C/C=C\C/C=C\C/C=C\CCCCCCCCCCCCCCCCCCC(=O)OCC(COC(=O)CCCCCCC)OC(=O)CCCCCCC/C=C\CCCCC. The van der Waals surface area contributed by atoms with Crippen LogP contribution >= 0.6 is 0 Å². The molecule has 0 aliphatic heterocycles. The van der Waals surface area contributed by atoms with Gasteiger partial charge in [-0.05, 0) is 83.5 Å². The first-order valence-electron chi connectivity index (χ1n) is 27.3. The van der Waals surface area contributed by atoms with E-state index in [2.05, 4.69) is 81.5 Å². The number of carbonyl (C=O) groups is 3. The monoisotopic (exact) mass is 895 g/mol. The summed E-state index contributed by atoms with van der Waals surface area (Å²) >= 11 is 0. The molecule has 0 aromatic carbocycles. The molecule has 0 heterocycles. The van der Waals surface area contributed by atoms with Crippen LogP contribution in [0.4, 0.5) is 0 Å². The van der Waals surface area contributed by atoms with Gasteiger partial charge in [0.2, 0.25) is 0 Å². The molecule has 0 radical (unpaired) electrons. The zero-order valence-corrected chi connectivity index (χ0v) is 42.3. The van der Waals surface area contributed by atoms with Gasteiger partial charge < -0.3 is 14.2 Å². The molecule has 0 N–H and O–H groups in total. The van der Waals surface area contributed by atoms with Gasteiger partial charge >= 0.3 is 17.9 Å². The Morgan fingerprint density at radius 1 is 0.328 bits per heavy atom. The van der Waals surface area contributed by atoms with Gasteiger partial charge in [0.25, 0.3) is 0 Å². The van der Waals surface area contributed by atoms with E-state index in [4.69, 9.17) is 14.2 Å². The van der Waals surface area contributed by atoms with E-state index >= 15 is 0 Å². The lowest BCUT2D eigenvalue weighted by Gasteiger charge is -2.18. The number of rotatable bonds is 49. The van der Waals surface area contributed by atoms with Gasteiger partial charge in [-0.15, -0.1) is 0 Å². The molecule has 0 amide bonds. The topological polar surface area (TPSA) is 78.9 Å². The van der Waals surface area contributed by atoms with Gasteiger partial charge in [0.1, 0.15) is 13.2 Å². The molecule has 0 aliphatic carbocycles. The fraction of sp³-hybridized carbons (Fsp3) is 0.776. The second-order valence-electron chi connectivity index (χ2n) is 18.1. The van der Waals surface area contributed by atoms with Crippen molar-refractivity contribution in [2.45, 2.75) is 277 Å². The Morgan fingerprint density at radius 2 is 0.609 bits per heavy atom. The number of ether oxygens (including phenoxy) is 3. The van der Waals surface area contributed by atoms with E-state index < -0.39 is 6.10 Å². The number of allylic oxidation sites excluding steroid dienone is 10. The van der Waals surface area contributed by atoms with Gasteiger partial charge in [-0.1, -0.05) is 229 Å². The van der Waals surface area contributed by atoms with Crippen LogP contribution in [0.2, 0.25) is 0 Å². The fourth-order valence-electron chi connectivity index (χ4n) is 7.66. The third-order valence-corrected chi connectivity index (χ3v) is 11.8. The summed E-state index contributed by atoms with van der Waals surface area (Å²) in [7, 11) is 0. The molecule has 1 atom stereocenters. The summed E-state index contributed by atoms with van der Waals surface area (Å²) in [6, 6.07) is 0. The van der Waals surface area contributed by atoms with Crippen LogP contribution in [0.3, 0.4) is 0 Å². The summed E-state index contributed by atoms with van der Waals surface area (Å²) in [6.07, 6.45) is 65.5. The van der Waals surface area contributed by atoms with E-state index in [9.17, 15) is 14.4 Å². The maximum Gasteiger partial charge on any atom is 0.306 e. The highest BCUT2D eigenvalue weighted by Gasteiger charge is 2.19. The van der Waals surface area contributed by atoms with E-state index in [1.54, 1.807) is 0 Å². The Balaban J connectivity index is 3.96. The van der Waals surface area contributed by atoms with Crippen molar-refractivity contribution < 1.29 is 28.6 Å². The van der Waals surface area contributed by atoms with Crippen molar-refractivity contribution in [1.29, 1.82) is 0 Å². The number of unbranched alkanes of at least 4 members (excludes halogenated alkanes) is 28. The van der Waals surface area contributed by atoms with Gasteiger partial charge in [0.05, 0.1) is 0 Å². The molecule has 6 heteroatoms. The summed E-state index contributed by atoms with van der Waals surface area (Å²) in [5.74, 6) is -0.893. The second-order valence-corrected chi connectivity index (χ2v) is 18.1. The lowest BCUT2D eigenvalue weighted by Crippen LogP contribution is -2.30. The molecule has 0 saturated carbocycles. The Hall–Kier alpha value is -2.89. The van der Waals surface area contributed by atoms with Crippen molar-refractivity contribution in [2.24, 2.45) is 0 Å². The van der Waals surface area contributed by atoms with Crippen LogP contribution < -0.4 is 0 Å². The number of hydrogen-bond acceptors (Lipinski definition) is 6. The number of carbonyl (C=O) groups excluding carboxylic acids is 3. The number of esters is 3. The van der Waals surface area contributed by atoms with Crippen molar-refractivity contribution >= 4 is 17.9 Å². The van der Waals surface area contributed by atoms with Gasteiger partial charge in [0, 0.05) is 19.3 Å². The van der Waals surface area contributed by atoms with Gasteiger partial charge in [-0.3, -0.25) is 14.4 Å². The summed E-state index contributed by atoms with van der Waals surface area (Å²) < 4.78 is 16.7. The molecule has 0 aromatic rings. The molecule has 0 fully saturated rings. The molecule has 0 bridgehead atoms. The molecule has 0 spiro atoms. The number of hydrogen-bond donors (Lipinski definition) is 0. The third kappa shape index (κ3) is 50.1. The van der Waals surface area contributed by atoms with E-state index in [0.29, 0.717) is 19.3 Å². The normalized spacial score (nSPS) is 12.5. The minimum Gasteiger partial charge on any atom is -0.462 e. The van der Waals surface area contributed by atoms with Crippen LogP contribution in [0.25, 0.3) is 0 Å². The zero-order valence-electron chi connectivity index (χ0n) is 42.3. The Bertz CT molecular complexity index is 1170. The highest BCUT2D eigenvalue weighted by Crippen LogP contribution is 2.16. The first-order valence-corrected chi connectivity index (χ1v) is 27.3. The third-order valence-electron chi connectivity index (χ3n) is 11.8. The maximum absolute atomic E-state index is 12.7. The average molecular weight is 895 g/mol. The van der Waals surface area contributed by atoms with Gasteiger partial charge in [-0.25, -0.2) is 0 Å². The van der Waals surface area contributed by atoms with Gasteiger partial charge in [-0.2, -0.15) is 0 Å². The van der Waals surface area contributed by atoms with Crippen molar-refractivity contribution in [3.8, 4) is 0 Å². The molecule has 6 nitrogen and oxygen atoms in total. The second kappa shape index (κ2) is 52.7. The fourth-order valence-corrected chi connectivity index (χ4v) is 7.66. The van der Waals surface area contributed by atoms with Crippen molar-refractivity contribution in [3.63, 3.8) is 0 Å². The van der Waals surface area contributed by atoms with E-state index in [1.807, 2.05) is 0 Å². The van der Waals surface area contributed by atoms with Crippen molar-refractivity contribution in [1.82, 2.24) is 0 Å². The molecular formula is C58H102O6. The largest absolute Gasteiger partial charge is 0.462 e. The summed E-state index contributed by atoms with van der Waals surface area (Å²) in [5.41, 5.74) is 0. The minimum absolute atomic E-state index is 0.0753. The average Bonchev–Trinajstić information content (AvgIpc) is 3.29. The molecule has 1 unspecified atom stereocenters. The Kier molecular flexibility index (Phi) is 50.4. The highest BCUT2D eigenvalue weighted by molar-refractivity contribution is 5.71. The van der Waals surface area contributed by atoms with Crippen molar-refractivity contribution in [3.05, 3.63) is 60.8 Å². The molecule has 370 valence electrons. The molecule has 0 aromatic heterocycles. The molecule has 64 heavy (non-hydrogen) atoms. The predicted molar refractivity (Wildman–Crippen MR) is 275 cm³/mol. The Labute approximate surface area is 396 Å². The quantitative estimate of drug-likeness (QED) is 0.0262. The lowest BCUT2D eigenvalue weighted by molar-refractivity contribution is -0.167. The van der Waals surface area contributed by atoms with E-state index in [0.717, 1.165) is 103 Å². The van der Waals surface area contributed by atoms with Crippen LogP contribution in [0.1, 0.15) is 271 Å². The first-order chi connectivity index (χ1) is 31.5. The molecular weight excluding hydrogens is 793 g/mol. The van der Waals surface area contributed by atoms with Crippen LogP contribution in [-0.4, -0.2) is 37.2 Å². The zero-order chi connectivity index (χ0) is 46.5. The van der Waals surface area contributed by atoms with Crippen molar-refractivity contribution in [2.75, 3.05) is 13.2 Å². The molecule has 0 aliphatic rings. The van der Waals surface area contributed by atoms with Crippen LogP contribution in [0, 0.1) is 0 Å². The summed E-state index contributed by atoms with van der Waals surface area (Å²) in [6.45, 7) is 6.42. The Morgan fingerprint density at radius 3 is 1.00 bits per heavy atom. The summed E-state index contributed by atoms with van der Waals surface area (Å²) in [4.78, 5) is 37.6. The van der Waals surface area contributed by atoms with Crippen LogP contribution in [0.5, 0.6) is 0 Å². The van der Waals surface area contributed by atoms with Gasteiger partial charge in [0.15, 0.2) is 6.10 Å². The highest BCUT2D eigenvalue weighted by atomic mass is 16.6. The minimum atomic E-state index is -0.771. The molecule has 0 rings (SSSR count). The predicted octanol–water partition coefficient (Wildman–Crippen LogP) is 18.0. The standard InChI is InChI=1S/C58H102O6/c1-4-7-10-13-15-17-19-21-22-23-24-25-26-27-28-29-30-31-32-33-34-35-36-37-39-40-42-45-48-51-57(60)63-54-55(53-62-56(59)50-47-44-12-9-6-3)64-58(61)52-49-46-43-41-38-20-18-16-14-11-8-5-2/h7,10,15-18,21-22,24-25,55H,4-6,8-9,11-14,19-20,23,26-54H2,1-3H3/b10-7-,17-15-,18-16-,22-21-,25-24-. The van der Waals surface area contributed by atoms with Crippen LogP contribution in [-0.2, 0) is 28.6 Å². The first kappa shape index (κ1) is 61.1. The smallest absolute Gasteiger partial charge is 0.306 e. The maximum atomic E-state index is 12.7. The van der Waals surface area contributed by atoms with Crippen LogP contribution in [0.15, 0.2) is 60.8 Å². The summed E-state index contributed by atoms with van der Waals surface area (Å²) in [5, 5.41) is 0.